The van der Waals surface area contributed by atoms with Crippen LogP contribution in [0, 0.1) is 21.9 Å². The Bertz CT molecular complexity index is 1690. The van der Waals surface area contributed by atoms with Gasteiger partial charge in [0.25, 0.3) is 0 Å². The Morgan fingerprint density at radius 1 is 1.13 bits per heavy atom. The van der Waals surface area contributed by atoms with E-state index in [9.17, 15) is 20.3 Å². The second kappa shape index (κ2) is 9.29. The summed E-state index contributed by atoms with van der Waals surface area (Å²) in [6, 6.07) is 24.0. The maximum Gasteiger partial charge on any atom is 0.339 e. The van der Waals surface area contributed by atoms with Crippen LogP contribution in [-0.4, -0.2) is 32.0 Å². The third-order valence-corrected chi connectivity index (χ3v) is 7.96. The normalized spacial score (nSPS) is 26.7. The summed E-state index contributed by atoms with van der Waals surface area (Å²) in [6.07, 6.45) is 1.11. The van der Waals surface area contributed by atoms with Gasteiger partial charge in [-0.2, -0.15) is 9.99 Å². The number of aliphatic hydroxyl groups is 2. The molecule has 194 valence electrons. The number of benzene rings is 2. The second-order valence-electron chi connectivity index (χ2n) is 9.43. The molecule has 0 spiro atoms. The van der Waals surface area contributed by atoms with Crippen LogP contribution in [0.25, 0.3) is 0 Å². The molecule has 0 radical (unpaired) electrons. The Kier molecular flexibility index (Phi) is 6.01. The lowest BCUT2D eigenvalue weighted by Crippen LogP contribution is -2.52. The number of hydrogen-bond donors (Lipinski definition) is 2. The molecule has 2 N–H and O–H groups in total. The monoisotopic (exact) mass is 557 g/mol. The van der Waals surface area contributed by atoms with Crippen molar-refractivity contribution < 1.29 is 24.6 Å². The van der Waals surface area contributed by atoms with Crippen LogP contribution in [-0.2, 0) is 16.0 Å². The first kappa shape index (κ1) is 25.2. The van der Waals surface area contributed by atoms with E-state index in [-0.39, 0.29) is 21.1 Å². The van der Waals surface area contributed by atoms with E-state index >= 15 is 0 Å². The van der Waals surface area contributed by atoms with E-state index in [1.54, 1.807) is 66.7 Å². The summed E-state index contributed by atoms with van der Waals surface area (Å²) in [5.41, 5.74) is -2.49. The molecule has 0 unspecified atom stereocenters. The van der Waals surface area contributed by atoms with Gasteiger partial charge in [0, 0.05) is 24.4 Å². The van der Waals surface area contributed by atoms with Gasteiger partial charge in [-0.1, -0.05) is 72.3 Å². The summed E-state index contributed by atoms with van der Waals surface area (Å²) in [6.45, 7) is 0. The summed E-state index contributed by atoms with van der Waals surface area (Å²) in [7, 11) is 0. The van der Waals surface area contributed by atoms with Crippen molar-refractivity contribution in [1.29, 1.82) is 5.26 Å². The lowest BCUT2D eigenvalue weighted by atomic mass is 9.71. The number of nitrogens with zero attached hydrogens (tertiary/aromatic N) is 3. The predicted octanol–water partition coefficient (Wildman–Crippen LogP) is 4.04. The van der Waals surface area contributed by atoms with Crippen LogP contribution in [0.15, 0.2) is 91.3 Å². The van der Waals surface area contributed by atoms with Crippen LogP contribution in [0.1, 0.15) is 28.3 Å². The van der Waals surface area contributed by atoms with Crippen LogP contribution in [0.5, 0.6) is 5.75 Å². The molecule has 39 heavy (non-hydrogen) atoms. The number of aliphatic hydroxyl groups excluding tert-OH is 1. The van der Waals surface area contributed by atoms with Crippen molar-refractivity contribution in [1.82, 2.24) is 9.71 Å². The molecular formula is C29H20ClN3O5S. The number of nitriles is 1. The number of aromatic nitrogens is 2. The Labute approximate surface area is 233 Å². The highest BCUT2D eigenvalue weighted by Gasteiger charge is 2.78. The van der Waals surface area contributed by atoms with Crippen molar-refractivity contribution in [3.05, 3.63) is 123 Å². The van der Waals surface area contributed by atoms with Crippen molar-refractivity contribution >= 4 is 29.8 Å². The highest BCUT2D eigenvalue weighted by atomic mass is 35.5. The summed E-state index contributed by atoms with van der Waals surface area (Å²) in [4.78, 5) is 23.9. The number of carbonyl (C=O) groups is 1. The van der Waals surface area contributed by atoms with Gasteiger partial charge >= 0.3 is 5.97 Å². The van der Waals surface area contributed by atoms with E-state index in [4.69, 9.17) is 33.4 Å². The van der Waals surface area contributed by atoms with Crippen molar-refractivity contribution in [2.24, 2.45) is 5.92 Å². The molecule has 10 heteroatoms. The first-order chi connectivity index (χ1) is 18.8. The minimum atomic E-state index is -2.20. The molecule has 1 aliphatic carbocycles. The average Bonchev–Trinajstić information content (AvgIpc) is 3.32. The first-order valence-electron chi connectivity index (χ1n) is 12.0. The molecule has 8 nitrogen and oxygen atoms in total. The third-order valence-electron chi connectivity index (χ3n) is 7.43. The van der Waals surface area contributed by atoms with Crippen LogP contribution < -0.4 is 9.57 Å². The number of ether oxygens (including phenoxy) is 1. The zero-order valence-electron chi connectivity index (χ0n) is 20.1. The molecule has 4 aromatic rings. The van der Waals surface area contributed by atoms with Crippen molar-refractivity contribution in [3.8, 4) is 11.8 Å². The topological polar surface area (TPSA) is 118 Å². The fourth-order valence-corrected chi connectivity index (χ4v) is 6.16. The number of rotatable bonds is 4. The fourth-order valence-electron chi connectivity index (χ4n) is 5.83. The molecule has 6 rings (SSSR count). The number of halogens is 1. The summed E-state index contributed by atoms with van der Waals surface area (Å²) in [5, 5.41) is 34.1. The minimum Gasteiger partial charge on any atom is -0.476 e. The average molecular weight is 558 g/mol. The van der Waals surface area contributed by atoms with Gasteiger partial charge < -0.3 is 19.8 Å². The Morgan fingerprint density at radius 3 is 2.54 bits per heavy atom. The summed E-state index contributed by atoms with van der Waals surface area (Å²) in [5.74, 6) is -2.94. The first-order valence-corrected chi connectivity index (χ1v) is 12.8. The number of carbonyl (C=O) groups excluding carboxylic acids is 1. The van der Waals surface area contributed by atoms with Crippen molar-refractivity contribution in [3.63, 3.8) is 0 Å². The van der Waals surface area contributed by atoms with Gasteiger partial charge in [0.05, 0.1) is 22.6 Å². The van der Waals surface area contributed by atoms with Gasteiger partial charge in [-0.25, -0.2) is 4.79 Å². The predicted molar refractivity (Wildman–Crippen MR) is 142 cm³/mol. The minimum absolute atomic E-state index is 0.0383. The molecule has 0 bridgehead atoms. The number of hydrogen-bond acceptors (Lipinski definition) is 8. The van der Waals surface area contributed by atoms with Crippen LogP contribution >= 0.6 is 23.8 Å². The number of fused-ring (bicyclic) bond motifs is 3. The lowest BCUT2D eigenvalue weighted by molar-refractivity contribution is -0.164. The molecule has 3 heterocycles. The highest BCUT2D eigenvalue weighted by Crippen LogP contribution is 2.68. The molecule has 0 saturated heterocycles. The van der Waals surface area contributed by atoms with Crippen LogP contribution in [0.2, 0.25) is 5.02 Å². The van der Waals surface area contributed by atoms with E-state index in [2.05, 4.69) is 11.1 Å². The third kappa shape index (κ3) is 3.61. The Balaban J connectivity index is 1.61. The van der Waals surface area contributed by atoms with E-state index in [0.717, 1.165) is 4.73 Å². The van der Waals surface area contributed by atoms with E-state index in [1.807, 2.05) is 6.07 Å². The lowest BCUT2D eigenvalue weighted by Gasteiger charge is -2.40. The number of pyridine rings is 2. The van der Waals surface area contributed by atoms with Gasteiger partial charge in [-0.15, -0.1) is 0 Å². The molecule has 5 atom stereocenters. The largest absolute Gasteiger partial charge is 0.476 e. The van der Waals surface area contributed by atoms with Crippen molar-refractivity contribution in [2.45, 2.75) is 23.2 Å². The van der Waals surface area contributed by atoms with Gasteiger partial charge in [0.1, 0.15) is 22.2 Å². The molecule has 1 fully saturated rings. The zero-order chi connectivity index (χ0) is 27.4. The zero-order valence-corrected chi connectivity index (χ0v) is 21.7. The maximum atomic E-state index is 13.9. The highest BCUT2D eigenvalue weighted by molar-refractivity contribution is 7.71. The molecule has 1 aliphatic heterocycles. The summed E-state index contributed by atoms with van der Waals surface area (Å²) >= 11 is 11.5. The molecule has 0 amide bonds. The van der Waals surface area contributed by atoms with Crippen LogP contribution in [0.4, 0.5) is 0 Å². The van der Waals surface area contributed by atoms with Crippen LogP contribution in [0.3, 0.4) is 0 Å². The van der Waals surface area contributed by atoms with Gasteiger partial charge in [0.2, 0.25) is 0 Å². The van der Waals surface area contributed by atoms with Gasteiger partial charge in [-0.3, -0.25) is 4.98 Å². The van der Waals surface area contributed by atoms with Crippen molar-refractivity contribution in [2.75, 3.05) is 0 Å². The van der Waals surface area contributed by atoms with E-state index in [0.29, 0.717) is 16.7 Å². The molecule has 2 aromatic heterocycles. The standard InChI is InChI=1S/C29H20ClN3O5S/c30-20-14-21-25(32-16-20)28(36)26(34)23(27(35)38-33-13-5-4-8-22(33)39)24(18-6-2-1-3-7-18)29(28,37-21)19-11-9-17(15-31)10-12-19/h1-14,16,23-24,26,34,36H/t23-,24-,26-,28+,29+/m1/s1. The molecule has 1 saturated carbocycles. The second-order valence-corrected chi connectivity index (χ2v) is 10.3. The Hall–Kier alpha value is -4.07. The smallest absolute Gasteiger partial charge is 0.339 e. The SMILES string of the molecule is N#Cc1ccc([C@@]23Oc4cc(Cl)cnc4[C@]2(O)[C@H](O)[C@H](C(=O)On2ccccc2=S)[C@H]3c2ccccc2)cc1. The van der Waals surface area contributed by atoms with Gasteiger partial charge in [0.15, 0.2) is 11.2 Å². The molecule has 2 aliphatic rings. The molecule has 2 aromatic carbocycles. The quantitative estimate of drug-likeness (QED) is 0.361. The fraction of sp³-hybridized carbons (Fsp3) is 0.172. The summed E-state index contributed by atoms with van der Waals surface area (Å²) < 4.78 is 7.95. The molecular weight excluding hydrogens is 538 g/mol. The van der Waals surface area contributed by atoms with Gasteiger partial charge in [-0.05, 0) is 35.4 Å². The Morgan fingerprint density at radius 2 is 1.85 bits per heavy atom. The van der Waals surface area contributed by atoms with E-state index in [1.165, 1.54) is 18.5 Å². The maximum absolute atomic E-state index is 13.9. The van der Waals surface area contributed by atoms with E-state index < -0.39 is 35.1 Å².